The molecule has 0 heterocycles. The summed E-state index contributed by atoms with van der Waals surface area (Å²) in [5.74, 6) is 0.446. The number of halogens is 1. The van der Waals surface area contributed by atoms with Crippen molar-refractivity contribution >= 4 is 0 Å². The lowest BCUT2D eigenvalue weighted by atomic mass is 9.81. The molecule has 0 fully saturated rings. The summed E-state index contributed by atoms with van der Waals surface area (Å²) in [7, 11) is 0. The van der Waals surface area contributed by atoms with Crippen molar-refractivity contribution in [3.05, 3.63) is 35.1 Å². The average molecular weight is 207 g/mol. The molecule has 1 aromatic carbocycles. The molecule has 2 unspecified atom stereocenters. The molecule has 0 bridgehead atoms. The van der Waals surface area contributed by atoms with E-state index >= 15 is 0 Å². The zero-order valence-electron chi connectivity index (χ0n) is 9.39. The monoisotopic (exact) mass is 207 g/mol. The molecule has 15 heavy (non-hydrogen) atoms. The highest BCUT2D eigenvalue weighted by molar-refractivity contribution is 5.35. The Bertz CT molecular complexity index is 348. The van der Waals surface area contributed by atoms with Crippen LogP contribution in [0.5, 0.6) is 0 Å². The van der Waals surface area contributed by atoms with Crippen molar-refractivity contribution in [2.75, 3.05) is 6.54 Å². The van der Waals surface area contributed by atoms with Gasteiger partial charge in [-0.2, -0.15) is 0 Å². The molecular weight excluding hydrogens is 189 g/mol. The predicted octanol–water partition coefficient (Wildman–Crippen LogP) is 3.37. The first-order chi connectivity index (χ1) is 7.22. The summed E-state index contributed by atoms with van der Waals surface area (Å²) < 4.78 is 13.2. The summed E-state index contributed by atoms with van der Waals surface area (Å²) in [5.41, 5.74) is 2.48. The molecule has 1 aromatic rings. The quantitative estimate of drug-likeness (QED) is 0.784. The summed E-state index contributed by atoms with van der Waals surface area (Å²) in [6.07, 6.45) is 2.31. The van der Waals surface area contributed by atoms with E-state index in [9.17, 15) is 4.39 Å². The second-order valence-corrected chi connectivity index (χ2v) is 4.36. The van der Waals surface area contributed by atoms with Crippen molar-refractivity contribution in [2.24, 2.45) is 0 Å². The van der Waals surface area contributed by atoms with Gasteiger partial charge in [-0.15, -0.1) is 0 Å². The molecular formula is C13H18FN. The fourth-order valence-electron chi connectivity index (χ4n) is 2.48. The molecule has 0 aliphatic heterocycles. The highest BCUT2D eigenvalue weighted by atomic mass is 19.1. The highest BCUT2D eigenvalue weighted by Gasteiger charge is 2.24. The van der Waals surface area contributed by atoms with Crippen molar-refractivity contribution in [1.29, 1.82) is 0 Å². The fraction of sp³-hybridized carbons (Fsp3) is 0.538. The van der Waals surface area contributed by atoms with Crippen molar-refractivity contribution in [3.63, 3.8) is 0 Å². The Labute approximate surface area is 90.7 Å². The molecule has 82 valence electrons. The lowest BCUT2D eigenvalue weighted by molar-refractivity contribution is 0.438. The largest absolute Gasteiger partial charge is 0.310 e. The van der Waals surface area contributed by atoms with Crippen LogP contribution in [0.2, 0.25) is 0 Å². The Hall–Kier alpha value is -0.890. The number of nitrogens with one attached hydrogen (secondary N) is 1. The first-order valence-electron chi connectivity index (χ1n) is 5.75. The van der Waals surface area contributed by atoms with Crippen LogP contribution in [-0.4, -0.2) is 6.54 Å². The van der Waals surface area contributed by atoms with Crippen LogP contribution in [0.1, 0.15) is 49.8 Å². The maximum atomic E-state index is 13.2. The van der Waals surface area contributed by atoms with Gasteiger partial charge >= 0.3 is 0 Å². The normalized spacial score (nSPS) is 25.0. The van der Waals surface area contributed by atoms with Crippen molar-refractivity contribution < 1.29 is 4.39 Å². The molecule has 2 atom stereocenters. The smallest absolute Gasteiger partial charge is 0.123 e. The molecule has 2 heteroatoms. The highest BCUT2D eigenvalue weighted by Crippen LogP contribution is 2.37. The van der Waals surface area contributed by atoms with Gasteiger partial charge in [0.15, 0.2) is 0 Å². The molecule has 1 aliphatic carbocycles. The Balaban J connectivity index is 2.37. The van der Waals surface area contributed by atoms with Gasteiger partial charge < -0.3 is 5.32 Å². The number of hydrogen-bond donors (Lipinski definition) is 1. The van der Waals surface area contributed by atoms with E-state index in [1.54, 1.807) is 12.1 Å². The first-order valence-corrected chi connectivity index (χ1v) is 5.75. The van der Waals surface area contributed by atoms with Crippen LogP contribution in [0, 0.1) is 5.82 Å². The first kappa shape index (κ1) is 10.6. The van der Waals surface area contributed by atoms with Gasteiger partial charge in [0.1, 0.15) is 5.82 Å². The Morgan fingerprint density at radius 3 is 2.87 bits per heavy atom. The zero-order chi connectivity index (χ0) is 10.8. The molecule has 1 aliphatic rings. The van der Waals surface area contributed by atoms with E-state index in [0.29, 0.717) is 12.0 Å². The van der Waals surface area contributed by atoms with E-state index in [1.807, 2.05) is 6.07 Å². The zero-order valence-corrected chi connectivity index (χ0v) is 9.39. The van der Waals surface area contributed by atoms with Gasteiger partial charge in [0, 0.05) is 6.04 Å². The lowest BCUT2D eigenvalue weighted by Crippen LogP contribution is -2.26. The molecule has 0 aromatic heterocycles. The summed E-state index contributed by atoms with van der Waals surface area (Å²) in [6.45, 7) is 5.25. The summed E-state index contributed by atoms with van der Waals surface area (Å²) in [6, 6.07) is 5.55. The van der Waals surface area contributed by atoms with Gasteiger partial charge in [0.2, 0.25) is 0 Å². The minimum Gasteiger partial charge on any atom is -0.310 e. The second-order valence-electron chi connectivity index (χ2n) is 4.36. The molecule has 0 radical (unpaired) electrons. The lowest BCUT2D eigenvalue weighted by Gasteiger charge is -2.30. The third-order valence-corrected chi connectivity index (χ3v) is 3.29. The van der Waals surface area contributed by atoms with E-state index in [1.165, 1.54) is 12.0 Å². The number of rotatable bonds is 2. The van der Waals surface area contributed by atoms with Crippen molar-refractivity contribution in [3.8, 4) is 0 Å². The second kappa shape index (κ2) is 4.31. The SMILES string of the molecule is CCNC1CCC(C)c2ccc(F)cc21. The van der Waals surface area contributed by atoms with E-state index in [-0.39, 0.29) is 5.82 Å². The van der Waals surface area contributed by atoms with Crippen LogP contribution in [0.15, 0.2) is 18.2 Å². The van der Waals surface area contributed by atoms with Crippen molar-refractivity contribution in [2.45, 2.75) is 38.6 Å². The third-order valence-electron chi connectivity index (χ3n) is 3.29. The number of benzene rings is 1. The van der Waals surface area contributed by atoms with E-state index in [2.05, 4.69) is 19.2 Å². The van der Waals surface area contributed by atoms with Crippen LogP contribution >= 0.6 is 0 Å². The predicted molar refractivity (Wildman–Crippen MR) is 60.5 cm³/mol. The van der Waals surface area contributed by atoms with E-state index < -0.39 is 0 Å². The maximum absolute atomic E-state index is 13.2. The molecule has 1 nitrogen and oxygen atoms in total. The Morgan fingerprint density at radius 1 is 1.33 bits per heavy atom. The van der Waals surface area contributed by atoms with Gasteiger partial charge in [0.05, 0.1) is 0 Å². The number of fused-ring (bicyclic) bond motifs is 1. The van der Waals surface area contributed by atoms with Gasteiger partial charge in [-0.25, -0.2) is 4.39 Å². The topological polar surface area (TPSA) is 12.0 Å². The molecule has 0 saturated carbocycles. The molecule has 1 N–H and O–H groups in total. The summed E-state index contributed by atoms with van der Waals surface area (Å²) >= 11 is 0. The maximum Gasteiger partial charge on any atom is 0.123 e. The number of hydrogen-bond acceptors (Lipinski definition) is 1. The van der Waals surface area contributed by atoms with Crippen LogP contribution in [0.3, 0.4) is 0 Å². The van der Waals surface area contributed by atoms with Crippen LogP contribution in [0.4, 0.5) is 4.39 Å². The van der Waals surface area contributed by atoms with Gasteiger partial charge in [-0.3, -0.25) is 0 Å². The molecule has 0 saturated heterocycles. The van der Waals surface area contributed by atoms with Crippen LogP contribution in [-0.2, 0) is 0 Å². The van der Waals surface area contributed by atoms with Gasteiger partial charge in [-0.1, -0.05) is 19.9 Å². The summed E-state index contributed by atoms with van der Waals surface area (Å²) in [5, 5.41) is 3.42. The average Bonchev–Trinajstić information content (AvgIpc) is 2.22. The molecule has 0 spiro atoms. The minimum absolute atomic E-state index is 0.120. The third kappa shape index (κ3) is 2.05. The Kier molecular flexibility index (Phi) is 3.06. The Morgan fingerprint density at radius 2 is 2.13 bits per heavy atom. The summed E-state index contributed by atoms with van der Waals surface area (Å²) in [4.78, 5) is 0. The van der Waals surface area contributed by atoms with Gasteiger partial charge in [0.25, 0.3) is 0 Å². The minimum atomic E-state index is -0.120. The van der Waals surface area contributed by atoms with E-state index in [4.69, 9.17) is 0 Å². The molecule has 0 amide bonds. The standard InChI is InChI=1S/C13H18FN/c1-3-15-13-7-4-9(2)11-6-5-10(14)8-12(11)13/h5-6,8-9,13,15H,3-4,7H2,1-2H3. The van der Waals surface area contributed by atoms with Crippen molar-refractivity contribution in [1.82, 2.24) is 5.32 Å². The fourth-order valence-corrected chi connectivity index (χ4v) is 2.48. The van der Waals surface area contributed by atoms with Crippen LogP contribution < -0.4 is 5.32 Å². The van der Waals surface area contributed by atoms with Crippen LogP contribution in [0.25, 0.3) is 0 Å². The van der Waals surface area contributed by atoms with Gasteiger partial charge in [-0.05, 0) is 48.6 Å². The molecule has 2 rings (SSSR count). The van der Waals surface area contributed by atoms with E-state index in [0.717, 1.165) is 18.5 Å².